The summed E-state index contributed by atoms with van der Waals surface area (Å²) in [5.74, 6) is 1.09. The summed E-state index contributed by atoms with van der Waals surface area (Å²) in [6, 6.07) is 9.85. The van der Waals surface area contributed by atoms with Gasteiger partial charge < -0.3 is 14.1 Å². The lowest BCUT2D eigenvalue weighted by Gasteiger charge is -2.30. The molecule has 2 aromatic rings. The average Bonchev–Trinajstić information content (AvgIpc) is 2.97. The van der Waals surface area contributed by atoms with E-state index in [1.165, 1.54) is 5.56 Å². The van der Waals surface area contributed by atoms with Crippen molar-refractivity contribution in [3.8, 4) is 11.3 Å². The second-order valence-corrected chi connectivity index (χ2v) is 4.94. The van der Waals surface area contributed by atoms with Crippen molar-refractivity contribution in [1.29, 1.82) is 0 Å². The Hall–Kier alpha value is -2.07. The van der Waals surface area contributed by atoms with Crippen LogP contribution >= 0.6 is 0 Å². The minimum absolute atomic E-state index is 0.356. The number of anilines is 1. The molecule has 0 N–H and O–H groups in total. The summed E-state index contributed by atoms with van der Waals surface area (Å²) in [7, 11) is 0. The van der Waals surface area contributed by atoms with Crippen molar-refractivity contribution in [3.05, 3.63) is 41.7 Å². The van der Waals surface area contributed by atoms with Gasteiger partial charge >= 0.3 is 0 Å². The molecule has 0 saturated carbocycles. The Bertz CT molecular complexity index is 612. The Morgan fingerprint density at radius 2 is 1.95 bits per heavy atom. The maximum absolute atomic E-state index is 10.8. The van der Waals surface area contributed by atoms with Crippen molar-refractivity contribution in [2.24, 2.45) is 0 Å². The zero-order valence-corrected chi connectivity index (χ0v) is 11.5. The van der Waals surface area contributed by atoms with Gasteiger partial charge in [0, 0.05) is 24.3 Å². The largest absolute Gasteiger partial charge is 0.453 e. The number of aryl methyl sites for hydroxylation is 1. The lowest BCUT2D eigenvalue weighted by Crippen LogP contribution is -2.36. The predicted molar refractivity (Wildman–Crippen MR) is 77.3 cm³/mol. The van der Waals surface area contributed by atoms with E-state index < -0.39 is 0 Å². The van der Waals surface area contributed by atoms with Crippen LogP contribution in [0, 0.1) is 6.92 Å². The van der Waals surface area contributed by atoms with Crippen LogP contribution in [-0.2, 0) is 4.74 Å². The molecule has 1 aliphatic heterocycles. The number of furan rings is 1. The van der Waals surface area contributed by atoms with E-state index in [0.29, 0.717) is 5.76 Å². The van der Waals surface area contributed by atoms with Crippen LogP contribution in [0.25, 0.3) is 11.3 Å². The third-order valence-corrected chi connectivity index (χ3v) is 3.51. The van der Waals surface area contributed by atoms with Crippen molar-refractivity contribution in [2.75, 3.05) is 31.2 Å². The molecule has 20 heavy (non-hydrogen) atoms. The SMILES string of the molecule is Cc1ccc(N2CCOCC2)c(-c2ccc(C=O)o2)c1. The molecule has 0 spiro atoms. The summed E-state index contributed by atoms with van der Waals surface area (Å²) in [4.78, 5) is 13.1. The lowest BCUT2D eigenvalue weighted by molar-refractivity contribution is 0.110. The molecule has 0 radical (unpaired) electrons. The van der Waals surface area contributed by atoms with Gasteiger partial charge in [0.1, 0.15) is 5.76 Å². The summed E-state index contributed by atoms with van der Waals surface area (Å²) < 4.78 is 11.0. The number of ether oxygens (including phenoxy) is 1. The number of morpholine rings is 1. The second-order valence-electron chi connectivity index (χ2n) is 4.94. The highest BCUT2D eigenvalue weighted by molar-refractivity contribution is 5.79. The summed E-state index contributed by atoms with van der Waals surface area (Å²) in [5, 5.41) is 0. The van der Waals surface area contributed by atoms with E-state index >= 15 is 0 Å². The molecule has 0 atom stereocenters. The van der Waals surface area contributed by atoms with Crippen LogP contribution in [0.15, 0.2) is 34.7 Å². The van der Waals surface area contributed by atoms with Gasteiger partial charge in [0.05, 0.1) is 13.2 Å². The number of hydrogen-bond acceptors (Lipinski definition) is 4. The van der Waals surface area contributed by atoms with Crippen LogP contribution in [-0.4, -0.2) is 32.6 Å². The quantitative estimate of drug-likeness (QED) is 0.805. The standard InChI is InChI=1S/C16H17NO3/c1-12-2-4-15(17-6-8-19-9-7-17)14(10-12)16-5-3-13(11-18)20-16/h2-5,10-11H,6-9H2,1H3. The van der Waals surface area contributed by atoms with E-state index in [0.717, 1.165) is 49.6 Å². The monoisotopic (exact) mass is 271 g/mol. The Morgan fingerprint density at radius 3 is 2.65 bits per heavy atom. The predicted octanol–water partition coefficient (Wildman–Crippen LogP) is 2.90. The molecule has 0 amide bonds. The van der Waals surface area contributed by atoms with Gasteiger partial charge in [0.2, 0.25) is 0 Å². The number of rotatable bonds is 3. The van der Waals surface area contributed by atoms with Gasteiger partial charge in [-0.25, -0.2) is 0 Å². The first-order valence-corrected chi connectivity index (χ1v) is 6.76. The highest BCUT2D eigenvalue weighted by Crippen LogP contribution is 2.33. The molecule has 1 saturated heterocycles. The van der Waals surface area contributed by atoms with Gasteiger partial charge in [-0.1, -0.05) is 11.6 Å². The van der Waals surface area contributed by atoms with Crippen molar-refractivity contribution in [3.63, 3.8) is 0 Å². The van der Waals surface area contributed by atoms with Crippen molar-refractivity contribution < 1.29 is 13.9 Å². The molecule has 1 aromatic heterocycles. The number of carbonyl (C=O) groups is 1. The summed E-state index contributed by atoms with van der Waals surface area (Å²) >= 11 is 0. The summed E-state index contributed by atoms with van der Waals surface area (Å²) in [6.07, 6.45) is 0.730. The Kier molecular flexibility index (Phi) is 3.56. The van der Waals surface area contributed by atoms with Gasteiger partial charge in [-0.05, 0) is 31.2 Å². The molecule has 4 nitrogen and oxygen atoms in total. The first-order chi connectivity index (χ1) is 9.78. The molecule has 2 heterocycles. The molecule has 0 unspecified atom stereocenters. The minimum atomic E-state index is 0.356. The van der Waals surface area contributed by atoms with Gasteiger partial charge in [-0.3, -0.25) is 4.79 Å². The van der Waals surface area contributed by atoms with E-state index in [1.54, 1.807) is 6.07 Å². The molecule has 4 heteroatoms. The van der Waals surface area contributed by atoms with E-state index in [2.05, 4.69) is 30.0 Å². The minimum Gasteiger partial charge on any atom is -0.453 e. The van der Waals surface area contributed by atoms with E-state index in [1.807, 2.05) is 6.07 Å². The second kappa shape index (κ2) is 5.51. The molecule has 1 aromatic carbocycles. The number of hydrogen-bond donors (Lipinski definition) is 0. The third-order valence-electron chi connectivity index (χ3n) is 3.51. The van der Waals surface area contributed by atoms with Crippen molar-refractivity contribution in [2.45, 2.75) is 6.92 Å². The molecule has 0 aliphatic carbocycles. The van der Waals surface area contributed by atoms with E-state index in [4.69, 9.17) is 9.15 Å². The molecular weight excluding hydrogens is 254 g/mol. The normalized spacial score (nSPS) is 15.3. The Labute approximate surface area is 118 Å². The number of benzene rings is 1. The van der Waals surface area contributed by atoms with Gasteiger partial charge in [-0.15, -0.1) is 0 Å². The highest BCUT2D eigenvalue weighted by Gasteiger charge is 2.17. The smallest absolute Gasteiger partial charge is 0.185 e. The maximum Gasteiger partial charge on any atom is 0.185 e. The Morgan fingerprint density at radius 1 is 1.15 bits per heavy atom. The summed E-state index contributed by atoms with van der Waals surface area (Å²) in [5.41, 5.74) is 3.33. The van der Waals surface area contributed by atoms with Crippen LogP contribution in [0.2, 0.25) is 0 Å². The topological polar surface area (TPSA) is 42.7 Å². The van der Waals surface area contributed by atoms with Gasteiger partial charge in [-0.2, -0.15) is 0 Å². The molecule has 0 bridgehead atoms. The number of aldehydes is 1. The van der Waals surface area contributed by atoms with Crippen LogP contribution in [0.5, 0.6) is 0 Å². The van der Waals surface area contributed by atoms with Crippen LogP contribution in [0.1, 0.15) is 16.1 Å². The molecule has 1 aliphatic rings. The van der Waals surface area contributed by atoms with Crippen molar-refractivity contribution in [1.82, 2.24) is 0 Å². The third kappa shape index (κ3) is 2.47. The fourth-order valence-corrected chi connectivity index (χ4v) is 2.49. The first-order valence-electron chi connectivity index (χ1n) is 6.76. The number of carbonyl (C=O) groups excluding carboxylic acids is 1. The Balaban J connectivity index is 2.03. The fourth-order valence-electron chi connectivity index (χ4n) is 2.49. The molecular formula is C16H17NO3. The van der Waals surface area contributed by atoms with E-state index in [9.17, 15) is 4.79 Å². The van der Waals surface area contributed by atoms with Gasteiger partial charge in [0.15, 0.2) is 12.0 Å². The number of nitrogens with zero attached hydrogens (tertiary/aromatic N) is 1. The van der Waals surface area contributed by atoms with Gasteiger partial charge in [0.25, 0.3) is 0 Å². The highest BCUT2D eigenvalue weighted by atomic mass is 16.5. The molecule has 3 rings (SSSR count). The molecule has 1 fully saturated rings. The maximum atomic E-state index is 10.8. The van der Waals surface area contributed by atoms with Crippen LogP contribution in [0.3, 0.4) is 0 Å². The first kappa shape index (κ1) is 12.9. The van der Waals surface area contributed by atoms with Crippen LogP contribution in [0.4, 0.5) is 5.69 Å². The van der Waals surface area contributed by atoms with Crippen LogP contribution < -0.4 is 4.90 Å². The molecule has 104 valence electrons. The average molecular weight is 271 g/mol. The van der Waals surface area contributed by atoms with Crippen molar-refractivity contribution >= 4 is 12.0 Å². The lowest BCUT2D eigenvalue weighted by atomic mass is 10.1. The fraction of sp³-hybridized carbons (Fsp3) is 0.312. The van der Waals surface area contributed by atoms with E-state index in [-0.39, 0.29) is 0 Å². The summed E-state index contributed by atoms with van der Waals surface area (Å²) in [6.45, 7) is 5.28. The zero-order valence-electron chi connectivity index (χ0n) is 11.5. The zero-order chi connectivity index (χ0) is 13.9.